The van der Waals surface area contributed by atoms with Gasteiger partial charge in [0.15, 0.2) is 0 Å². The van der Waals surface area contributed by atoms with Crippen LogP contribution in [0.5, 0.6) is 5.75 Å². The molecule has 0 unspecified atom stereocenters. The maximum absolute atomic E-state index is 12.0. The molecule has 1 spiro atoms. The summed E-state index contributed by atoms with van der Waals surface area (Å²) in [4.78, 5) is 11.7. The van der Waals surface area contributed by atoms with E-state index in [0.29, 0.717) is 18.9 Å². The van der Waals surface area contributed by atoms with Crippen LogP contribution in [-0.4, -0.2) is 81.1 Å². The van der Waals surface area contributed by atoms with Crippen LogP contribution in [0.1, 0.15) is 30.5 Å². The van der Waals surface area contributed by atoms with Crippen LogP contribution >= 0.6 is 0 Å². The van der Waals surface area contributed by atoms with Crippen molar-refractivity contribution in [3.8, 4) is 5.75 Å². The molecule has 2 atom stereocenters. The average molecular weight is 568 g/mol. The molecular formula is C29H37N5O5S. The van der Waals surface area contributed by atoms with Crippen molar-refractivity contribution in [1.29, 1.82) is 0 Å². The summed E-state index contributed by atoms with van der Waals surface area (Å²) in [5.74, 6) is 1.16. The lowest BCUT2D eigenvalue weighted by Crippen LogP contribution is -2.45. The van der Waals surface area contributed by atoms with Crippen molar-refractivity contribution in [2.75, 3.05) is 44.8 Å². The van der Waals surface area contributed by atoms with E-state index in [9.17, 15) is 13.5 Å². The number of aromatic nitrogens is 2. The Morgan fingerprint density at radius 2 is 1.95 bits per heavy atom. The second-order valence-corrected chi connectivity index (χ2v) is 12.3. The molecule has 2 aliphatic rings. The van der Waals surface area contributed by atoms with Gasteiger partial charge in [0.2, 0.25) is 16.0 Å². The van der Waals surface area contributed by atoms with E-state index in [-0.39, 0.29) is 23.1 Å². The largest absolute Gasteiger partial charge is 0.491 e. The highest BCUT2D eigenvalue weighted by molar-refractivity contribution is 7.89. The van der Waals surface area contributed by atoms with Gasteiger partial charge in [-0.15, -0.1) is 0 Å². The van der Waals surface area contributed by atoms with Crippen LogP contribution in [-0.2, 0) is 21.2 Å². The second kappa shape index (κ2) is 12.6. The summed E-state index contributed by atoms with van der Waals surface area (Å²) in [6.45, 7) is 2.67. The number of aliphatic hydroxyl groups is 1. The number of sulfonamides is 1. The standard InChI is InChI=1S/C29H37N5O5S/c1-30-40(36,37)27-9-5-8-26(17-27)38-21-25(35)19-32-24-18-29(39-20-24)11-14-34(15-12-29)28-31-13-10-23(33-28)16-22-6-3-2-4-7-22/h2-10,13,17,24-25,30,32,35H,11-12,14-16,18-21H2,1H3/t24-,25+/m1/s1. The van der Waals surface area contributed by atoms with Gasteiger partial charge in [0.1, 0.15) is 18.5 Å². The first kappa shape index (κ1) is 28.4. The predicted molar refractivity (Wildman–Crippen MR) is 152 cm³/mol. The van der Waals surface area contributed by atoms with Crippen molar-refractivity contribution in [2.45, 2.75) is 48.3 Å². The zero-order valence-corrected chi connectivity index (χ0v) is 23.5. The number of benzene rings is 2. The number of nitrogens with zero attached hydrogens (tertiary/aromatic N) is 3. The minimum absolute atomic E-state index is 0.0487. The molecule has 2 saturated heterocycles. The number of piperidine rings is 1. The summed E-state index contributed by atoms with van der Waals surface area (Å²) < 4.78 is 38.2. The average Bonchev–Trinajstić information content (AvgIpc) is 3.38. The zero-order valence-electron chi connectivity index (χ0n) is 22.7. The van der Waals surface area contributed by atoms with Gasteiger partial charge in [-0.25, -0.2) is 23.1 Å². The summed E-state index contributed by atoms with van der Waals surface area (Å²) in [6, 6.07) is 18.7. The van der Waals surface area contributed by atoms with Gasteiger partial charge in [-0.3, -0.25) is 0 Å². The Bertz CT molecular complexity index is 1370. The van der Waals surface area contributed by atoms with Gasteiger partial charge in [0.25, 0.3) is 0 Å². The Morgan fingerprint density at radius 3 is 2.73 bits per heavy atom. The highest BCUT2D eigenvalue weighted by atomic mass is 32.2. The van der Waals surface area contributed by atoms with E-state index in [4.69, 9.17) is 14.5 Å². The quantitative estimate of drug-likeness (QED) is 0.320. The van der Waals surface area contributed by atoms with Crippen LogP contribution in [0.3, 0.4) is 0 Å². The van der Waals surface area contributed by atoms with Crippen molar-refractivity contribution < 1.29 is 23.0 Å². The topological polar surface area (TPSA) is 126 Å². The van der Waals surface area contributed by atoms with Crippen LogP contribution in [0.15, 0.2) is 71.8 Å². The molecule has 0 bridgehead atoms. The third kappa shape index (κ3) is 7.15. The summed E-state index contributed by atoms with van der Waals surface area (Å²) in [5, 5.41) is 13.9. The lowest BCUT2D eigenvalue weighted by molar-refractivity contribution is -0.0152. The first-order valence-electron chi connectivity index (χ1n) is 13.7. The highest BCUT2D eigenvalue weighted by Crippen LogP contribution is 2.36. The van der Waals surface area contributed by atoms with Gasteiger partial charge >= 0.3 is 0 Å². The van der Waals surface area contributed by atoms with Gasteiger partial charge in [-0.2, -0.15) is 0 Å². The van der Waals surface area contributed by atoms with Crippen LogP contribution in [0, 0.1) is 0 Å². The molecule has 10 nitrogen and oxygen atoms in total. The minimum Gasteiger partial charge on any atom is -0.491 e. The Kier molecular flexibility index (Phi) is 8.97. The molecule has 3 N–H and O–H groups in total. The number of anilines is 1. The molecule has 0 aliphatic carbocycles. The second-order valence-electron chi connectivity index (χ2n) is 10.4. The Balaban J connectivity index is 1.06. The molecule has 0 radical (unpaired) electrons. The molecule has 5 rings (SSSR count). The van der Waals surface area contributed by atoms with Gasteiger partial charge in [0, 0.05) is 44.4 Å². The molecule has 0 amide bonds. The van der Waals surface area contributed by atoms with E-state index in [0.717, 1.165) is 50.4 Å². The number of rotatable bonds is 11. The molecule has 214 valence electrons. The van der Waals surface area contributed by atoms with Crippen molar-refractivity contribution in [3.63, 3.8) is 0 Å². The van der Waals surface area contributed by atoms with E-state index in [2.05, 4.69) is 32.1 Å². The first-order chi connectivity index (χ1) is 19.3. The molecule has 2 aromatic carbocycles. The molecule has 2 aliphatic heterocycles. The molecular weight excluding hydrogens is 530 g/mol. The maximum atomic E-state index is 12.0. The van der Waals surface area contributed by atoms with Crippen molar-refractivity contribution in [3.05, 3.63) is 78.1 Å². The number of aliphatic hydroxyl groups excluding tert-OH is 1. The Hall–Kier alpha value is -3.09. The molecule has 40 heavy (non-hydrogen) atoms. The summed E-state index contributed by atoms with van der Waals surface area (Å²) in [5.41, 5.74) is 2.07. The maximum Gasteiger partial charge on any atom is 0.240 e. The van der Waals surface area contributed by atoms with E-state index in [1.54, 1.807) is 12.1 Å². The third-order valence-corrected chi connectivity index (χ3v) is 8.98. The van der Waals surface area contributed by atoms with Gasteiger partial charge in [-0.05, 0) is 50.1 Å². The van der Waals surface area contributed by atoms with E-state index in [1.165, 1.54) is 24.7 Å². The van der Waals surface area contributed by atoms with E-state index < -0.39 is 16.1 Å². The number of hydrogen-bond acceptors (Lipinski definition) is 9. The lowest BCUT2D eigenvalue weighted by Gasteiger charge is -2.38. The van der Waals surface area contributed by atoms with Gasteiger partial charge in [-0.1, -0.05) is 36.4 Å². The van der Waals surface area contributed by atoms with Crippen molar-refractivity contribution in [1.82, 2.24) is 20.0 Å². The molecule has 3 aromatic rings. The summed E-state index contributed by atoms with van der Waals surface area (Å²) >= 11 is 0. The molecule has 1 aromatic heterocycles. The fourth-order valence-corrected chi connectivity index (χ4v) is 6.05. The lowest BCUT2D eigenvalue weighted by atomic mass is 9.87. The molecule has 11 heteroatoms. The first-order valence-corrected chi connectivity index (χ1v) is 15.2. The molecule has 0 saturated carbocycles. The van der Waals surface area contributed by atoms with Crippen LogP contribution < -0.4 is 19.7 Å². The van der Waals surface area contributed by atoms with E-state index in [1.807, 2.05) is 30.5 Å². The fraction of sp³-hybridized carbons (Fsp3) is 0.448. The SMILES string of the molecule is CNS(=O)(=O)c1cccc(OC[C@@H](O)CN[C@H]2COC3(CCN(c4nccc(Cc5ccccc5)n4)CC3)C2)c1. The Labute approximate surface area is 235 Å². The van der Waals surface area contributed by atoms with Crippen molar-refractivity contribution >= 4 is 16.0 Å². The highest BCUT2D eigenvalue weighted by Gasteiger charge is 2.43. The number of hydrogen-bond donors (Lipinski definition) is 3. The van der Waals surface area contributed by atoms with Crippen LogP contribution in [0.25, 0.3) is 0 Å². The minimum atomic E-state index is -3.56. The zero-order chi connectivity index (χ0) is 28.0. The van der Waals surface area contributed by atoms with Crippen LogP contribution in [0.2, 0.25) is 0 Å². The van der Waals surface area contributed by atoms with Gasteiger partial charge < -0.3 is 24.8 Å². The monoisotopic (exact) mass is 567 g/mol. The van der Waals surface area contributed by atoms with Crippen molar-refractivity contribution in [2.24, 2.45) is 0 Å². The molecule has 2 fully saturated rings. The summed E-state index contributed by atoms with van der Waals surface area (Å²) in [7, 11) is -2.20. The van der Waals surface area contributed by atoms with Gasteiger partial charge in [0.05, 0.1) is 22.8 Å². The Morgan fingerprint density at radius 1 is 1.15 bits per heavy atom. The summed E-state index contributed by atoms with van der Waals surface area (Å²) in [6.07, 6.45) is 4.55. The fourth-order valence-electron chi connectivity index (χ4n) is 5.28. The third-order valence-electron chi connectivity index (χ3n) is 7.56. The number of ether oxygens (including phenoxy) is 2. The normalized spacial score (nSPS) is 19.6. The smallest absolute Gasteiger partial charge is 0.240 e. The predicted octanol–water partition coefficient (Wildman–Crippen LogP) is 2.13. The van der Waals surface area contributed by atoms with E-state index >= 15 is 0 Å². The number of nitrogens with one attached hydrogen (secondary N) is 2. The van der Waals surface area contributed by atoms with Crippen LogP contribution in [0.4, 0.5) is 5.95 Å². The molecule has 3 heterocycles.